The standard InChI is InChI=1S/C18H28N2O3.2ClH/c1-21-15-3-4-17(22-2)16(13-15)18(14-5-11-23-12-6-14)20-9-7-19-8-10-20;;/h3-4,13-14,18-19H,5-12H2,1-2H3;2*1H/t18-;;/m0../s1. The molecular formula is C18H30Cl2N2O3. The molecule has 2 aliphatic heterocycles. The largest absolute Gasteiger partial charge is 0.497 e. The molecular weight excluding hydrogens is 363 g/mol. The van der Waals surface area contributed by atoms with E-state index >= 15 is 0 Å². The molecule has 1 N–H and O–H groups in total. The highest BCUT2D eigenvalue weighted by Gasteiger charge is 2.33. The van der Waals surface area contributed by atoms with Crippen molar-refractivity contribution in [2.24, 2.45) is 5.92 Å². The highest BCUT2D eigenvalue weighted by molar-refractivity contribution is 5.85. The summed E-state index contributed by atoms with van der Waals surface area (Å²) in [6, 6.07) is 6.52. The van der Waals surface area contributed by atoms with Gasteiger partial charge in [-0.15, -0.1) is 24.8 Å². The second kappa shape index (κ2) is 11.1. The Balaban J connectivity index is 0.00000156. The van der Waals surface area contributed by atoms with E-state index in [1.165, 1.54) is 5.56 Å². The third-order valence-electron chi connectivity index (χ3n) is 5.01. The van der Waals surface area contributed by atoms with Crippen LogP contribution in [-0.2, 0) is 4.74 Å². The zero-order valence-corrected chi connectivity index (χ0v) is 16.7. The van der Waals surface area contributed by atoms with Crippen LogP contribution in [0.1, 0.15) is 24.4 Å². The van der Waals surface area contributed by atoms with Gasteiger partial charge in [0.2, 0.25) is 0 Å². The first-order valence-corrected chi connectivity index (χ1v) is 8.58. The van der Waals surface area contributed by atoms with Crippen LogP contribution in [0.25, 0.3) is 0 Å². The van der Waals surface area contributed by atoms with Crippen LogP contribution in [0.2, 0.25) is 0 Å². The first-order chi connectivity index (χ1) is 11.3. The Hall–Kier alpha value is -0.720. The molecule has 1 atom stereocenters. The van der Waals surface area contributed by atoms with Crippen LogP contribution in [0.15, 0.2) is 18.2 Å². The number of benzene rings is 1. The van der Waals surface area contributed by atoms with Crippen LogP contribution < -0.4 is 14.8 Å². The van der Waals surface area contributed by atoms with Crippen molar-refractivity contribution in [2.75, 3.05) is 53.6 Å². The molecule has 1 aromatic carbocycles. The van der Waals surface area contributed by atoms with Crippen LogP contribution >= 0.6 is 24.8 Å². The number of rotatable bonds is 5. The Morgan fingerprint density at radius 3 is 2.36 bits per heavy atom. The molecule has 0 aliphatic carbocycles. The van der Waals surface area contributed by atoms with Gasteiger partial charge in [-0.05, 0) is 37.0 Å². The van der Waals surface area contributed by atoms with Crippen molar-refractivity contribution < 1.29 is 14.2 Å². The fourth-order valence-electron chi connectivity index (χ4n) is 3.81. The molecule has 2 heterocycles. The molecule has 3 rings (SSSR count). The molecule has 7 heteroatoms. The lowest BCUT2D eigenvalue weighted by molar-refractivity contribution is 0.0206. The summed E-state index contributed by atoms with van der Waals surface area (Å²) < 4.78 is 16.7. The van der Waals surface area contributed by atoms with E-state index in [0.29, 0.717) is 12.0 Å². The second-order valence-electron chi connectivity index (χ2n) is 6.29. The summed E-state index contributed by atoms with van der Waals surface area (Å²) in [5, 5.41) is 3.45. The van der Waals surface area contributed by atoms with Gasteiger partial charge < -0.3 is 19.5 Å². The number of methoxy groups -OCH3 is 2. The maximum absolute atomic E-state index is 5.68. The maximum atomic E-state index is 5.68. The van der Waals surface area contributed by atoms with E-state index in [0.717, 1.165) is 63.7 Å². The summed E-state index contributed by atoms with van der Waals surface area (Å²) in [4.78, 5) is 2.60. The van der Waals surface area contributed by atoms with Crippen molar-refractivity contribution in [3.8, 4) is 11.5 Å². The van der Waals surface area contributed by atoms with Crippen LogP contribution in [0.3, 0.4) is 0 Å². The highest BCUT2D eigenvalue weighted by atomic mass is 35.5. The third-order valence-corrected chi connectivity index (χ3v) is 5.01. The lowest BCUT2D eigenvalue weighted by Crippen LogP contribution is -2.47. The molecule has 2 aliphatic rings. The van der Waals surface area contributed by atoms with Crippen molar-refractivity contribution in [3.05, 3.63) is 23.8 Å². The van der Waals surface area contributed by atoms with E-state index < -0.39 is 0 Å². The molecule has 0 aromatic heterocycles. The van der Waals surface area contributed by atoms with Gasteiger partial charge in [-0.3, -0.25) is 4.90 Å². The second-order valence-corrected chi connectivity index (χ2v) is 6.29. The quantitative estimate of drug-likeness (QED) is 0.834. The van der Waals surface area contributed by atoms with E-state index in [9.17, 15) is 0 Å². The van der Waals surface area contributed by atoms with Crippen molar-refractivity contribution >= 4 is 24.8 Å². The van der Waals surface area contributed by atoms with E-state index in [-0.39, 0.29) is 24.8 Å². The van der Waals surface area contributed by atoms with Crippen LogP contribution in [0.5, 0.6) is 11.5 Å². The van der Waals surface area contributed by atoms with Gasteiger partial charge in [0.05, 0.1) is 14.2 Å². The summed E-state index contributed by atoms with van der Waals surface area (Å²) in [6.07, 6.45) is 2.21. The number of halogens is 2. The van der Waals surface area contributed by atoms with Gasteiger partial charge in [0.1, 0.15) is 11.5 Å². The zero-order valence-electron chi connectivity index (χ0n) is 15.0. The van der Waals surface area contributed by atoms with Crippen LogP contribution in [0, 0.1) is 5.92 Å². The Morgan fingerprint density at radius 1 is 1.08 bits per heavy atom. The molecule has 0 bridgehead atoms. The van der Waals surface area contributed by atoms with Crippen molar-refractivity contribution in [2.45, 2.75) is 18.9 Å². The van der Waals surface area contributed by atoms with E-state index in [1.807, 2.05) is 12.1 Å². The van der Waals surface area contributed by atoms with E-state index in [4.69, 9.17) is 14.2 Å². The average molecular weight is 393 g/mol. The summed E-state index contributed by atoms with van der Waals surface area (Å²) in [5.41, 5.74) is 1.25. The number of piperazine rings is 1. The fourth-order valence-corrected chi connectivity index (χ4v) is 3.81. The van der Waals surface area contributed by atoms with Gasteiger partial charge in [-0.1, -0.05) is 0 Å². The molecule has 2 saturated heterocycles. The lowest BCUT2D eigenvalue weighted by Gasteiger charge is -2.41. The molecule has 1 aromatic rings. The van der Waals surface area contributed by atoms with Crippen molar-refractivity contribution in [1.82, 2.24) is 10.2 Å². The normalized spacial score (nSPS) is 20.1. The van der Waals surface area contributed by atoms with Crippen molar-refractivity contribution in [3.63, 3.8) is 0 Å². The first-order valence-electron chi connectivity index (χ1n) is 8.58. The monoisotopic (exact) mass is 392 g/mol. The molecule has 0 unspecified atom stereocenters. The van der Waals surface area contributed by atoms with Crippen LogP contribution in [-0.4, -0.2) is 58.5 Å². The number of nitrogens with one attached hydrogen (secondary N) is 1. The summed E-state index contributed by atoms with van der Waals surface area (Å²) in [5.74, 6) is 2.46. The fraction of sp³-hybridized carbons (Fsp3) is 0.667. The summed E-state index contributed by atoms with van der Waals surface area (Å²) in [6.45, 7) is 5.96. The number of hydrogen-bond acceptors (Lipinski definition) is 5. The van der Waals surface area contributed by atoms with Crippen molar-refractivity contribution in [1.29, 1.82) is 0 Å². The molecule has 0 amide bonds. The summed E-state index contributed by atoms with van der Waals surface area (Å²) >= 11 is 0. The van der Waals surface area contributed by atoms with Gasteiger partial charge in [0.15, 0.2) is 0 Å². The van der Waals surface area contributed by atoms with Gasteiger partial charge in [0, 0.05) is 51.0 Å². The number of hydrogen-bond donors (Lipinski definition) is 1. The smallest absolute Gasteiger partial charge is 0.123 e. The number of nitrogens with zero attached hydrogens (tertiary/aromatic N) is 1. The minimum absolute atomic E-state index is 0. The van der Waals surface area contributed by atoms with E-state index in [1.54, 1.807) is 14.2 Å². The molecule has 0 radical (unpaired) electrons. The third kappa shape index (κ3) is 5.38. The topological polar surface area (TPSA) is 43.0 Å². The molecule has 2 fully saturated rings. The molecule has 0 saturated carbocycles. The van der Waals surface area contributed by atoms with Gasteiger partial charge in [-0.25, -0.2) is 0 Å². The van der Waals surface area contributed by atoms with Crippen LogP contribution in [0.4, 0.5) is 0 Å². The predicted octanol–water partition coefficient (Wildman–Crippen LogP) is 2.92. The Kier molecular flexibility index (Phi) is 9.90. The van der Waals surface area contributed by atoms with Gasteiger partial charge in [0.25, 0.3) is 0 Å². The number of ether oxygens (including phenoxy) is 3. The molecule has 144 valence electrons. The zero-order chi connectivity index (χ0) is 16.1. The molecule has 25 heavy (non-hydrogen) atoms. The Bertz CT molecular complexity index is 489. The lowest BCUT2D eigenvalue weighted by atomic mass is 9.85. The maximum Gasteiger partial charge on any atom is 0.123 e. The molecule has 0 spiro atoms. The Labute approximate surface area is 163 Å². The SMILES string of the molecule is COc1ccc(OC)c([C@H](C2CCOCC2)N2CCNCC2)c1.Cl.Cl. The minimum Gasteiger partial charge on any atom is -0.497 e. The van der Waals surface area contributed by atoms with E-state index in [2.05, 4.69) is 16.3 Å². The first kappa shape index (κ1) is 22.3. The minimum atomic E-state index is 0. The highest BCUT2D eigenvalue weighted by Crippen LogP contribution is 2.40. The average Bonchev–Trinajstić information content (AvgIpc) is 2.63. The summed E-state index contributed by atoms with van der Waals surface area (Å²) in [7, 11) is 3.48. The Morgan fingerprint density at radius 2 is 1.76 bits per heavy atom. The predicted molar refractivity (Wildman–Crippen MR) is 105 cm³/mol. The van der Waals surface area contributed by atoms with Gasteiger partial charge in [-0.2, -0.15) is 0 Å². The molecule has 5 nitrogen and oxygen atoms in total. The van der Waals surface area contributed by atoms with Gasteiger partial charge >= 0.3 is 0 Å².